The Morgan fingerprint density at radius 3 is 1.17 bits per heavy atom. The van der Waals surface area contributed by atoms with Gasteiger partial charge in [-0.25, -0.2) is 0 Å². The number of hydrogen-bond donors (Lipinski definition) is 0. The Bertz CT molecular complexity index is 1990. The quantitative estimate of drug-likeness (QED) is 0.134. The minimum atomic E-state index is -5.53. The molecule has 0 amide bonds. The summed E-state index contributed by atoms with van der Waals surface area (Å²) in [5.41, 5.74) is 6.50. The van der Waals surface area contributed by atoms with Gasteiger partial charge >= 0.3 is 276 Å². The predicted octanol–water partition coefficient (Wildman–Crippen LogP) is 13.0. The number of alkyl halides is 6. The summed E-state index contributed by atoms with van der Waals surface area (Å²) in [6, 6.07) is 23.3. The SMILES string of the molecule is C[CH](C)[Hf]([CH3])([CH3])(=[SiH2])([CH](C)C)([CH]1C=Cc2c(-c3ccc(C(F)(F)F)cc3)cccc21)[CH]1C=Cc2c(-c3ccc(C(F)(F)F)cc3)cccc21. The number of hydrogen-bond acceptors (Lipinski definition) is 0. The van der Waals surface area contributed by atoms with Crippen molar-refractivity contribution in [2.45, 2.75) is 64.1 Å². The van der Waals surface area contributed by atoms with Crippen molar-refractivity contribution >= 4 is 19.1 Å². The van der Waals surface area contributed by atoms with Crippen molar-refractivity contribution in [2.24, 2.45) is 0 Å². The summed E-state index contributed by atoms with van der Waals surface area (Å²) in [6.45, 7) is 11.8. The topological polar surface area (TPSA) is 0 Å². The number of allylic oxidation sites excluding steroid dienone is 2. The Balaban J connectivity index is 1.56. The molecule has 8 heteroatoms. The summed E-state index contributed by atoms with van der Waals surface area (Å²) < 4.78 is 86.3. The average Bonchev–Trinajstić information content (AvgIpc) is 3.67. The summed E-state index contributed by atoms with van der Waals surface area (Å²) in [6.07, 6.45) is 0.320. The molecule has 2 atom stereocenters. The normalized spacial score (nSPS) is 19.9. The first-order valence-corrected chi connectivity index (χ1v) is 40.4. The van der Waals surface area contributed by atoms with Crippen LogP contribution < -0.4 is 0 Å². The van der Waals surface area contributed by atoms with E-state index in [0.29, 0.717) is 0 Å². The maximum absolute atomic E-state index is 13.4. The van der Waals surface area contributed by atoms with Crippen molar-refractivity contribution in [3.63, 3.8) is 0 Å². The monoisotopic (exact) mass is 844 g/mol. The minimum absolute atomic E-state index is 0.0762. The van der Waals surface area contributed by atoms with E-state index in [9.17, 15) is 26.3 Å². The van der Waals surface area contributed by atoms with Crippen molar-refractivity contribution in [1.29, 1.82) is 0 Å². The van der Waals surface area contributed by atoms with Crippen LogP contribution in [0.3, 0.4) is 0 Å². The van der Waals surface area contributed by atoms with Gasteiger partial charge in [0.15, 0.2) is 0 Å². The van der Waals surface area contributed by atoms with E-state index >= 15 is 0 Å². The third kappa shape index (κ3) is 4.43. The molecule has 0 N–H and O–H groups in total. The molecule has 2 aliphatic carbocycles. The fourth-order valence-electron chi connectivity index (χ4n) is 9.39. The molecule has 4 aromatic rings. The number of benzene rings is 4. The van der Waals surface area contributed by atoms with Gasteiger partial charge in [0.1, 0.15) is 0 Å². The molecule has 0 bridgehead atoms. The van der Waals surface area contributed by atoms with Gasteiger partial charge in [0.2, 0.25) is 0 Å². The second-order valence-electron chi connectivity index (χ2n) is 17.1. The molecule has 0 saturated heterocycles. The second kappa shape index (κ2) is 10.1. The third-order valence-electron chi connectivity index (χ3n) is 14.8. The molecule has 0 nitrogen and oxygen atoms in total. The van der Waals surface area contributed by atoms with Crippen LogP contribution in [0.25, 0.3) is 34.4 Å². The number of halogens is 6. The summed E-state index contributed by atoms with van der Waals surface area (Å²) in [7, 11) is 0. The molecule has 0 aromatic heterocycles. The predicted molar refractivity (Wildman–Crippen MR) is 188 cm³/mol. The van der Waals surface area contributed by atoms with E-state index in [1.807, 2.05) is 24.3 Å². The first-order valence-electron chi connectivity index (χ1n) is 16.6. The van der Waals surface area contributed by atoms with Gasteiger partial charge in [-0.05, 0) is 0 Å². The van der Waals surface area contributed by atoms with Crippen molar-refractivity contribution in [1.82, 2.24) is 0 Å². The summed E-state index contributed by atoms with van der Waals surface area (Å²) in [5.74, 6) is 0. The van der Waals surface area contributed by atoms with Crippen LogP contribution in [0.1, 0.15) is 68.4 Å². The summed E-state index contributed by atoms with van der Waals surface area (Å²) in [5, 5.41) is 0. The van der Waals surface area contributed by atoms with Crippen LogP contribution >= 0.6 is 0 Å². The van der Waals surface area contributed by atoms with Gasteiger partial charge in [0.25, 0.3) is 0 Å². The van der Waals surface area contributed by atoms with E-state index in [0.717, 1.165) is 57.6 Å². The molecule has 0 saturated carbocycles. The Hall–Kier alpha value is -2.97. The Morgan fingerprint density at radius 2 is 0.875 bits per heavy atom. The fraction of sp³-hybridized carbons (Fsp3) is 0.300. The summed E-state index contributed by atoms with van der Waals surface area (Å²) >= 11 is -5.53. The molecule has 48 heavy (non-hydrogen) atoms. The van der Waals surface area contributed by atoms with Crippen LogP contribution in [0, 0.1) is 0 Å². The van der Waals surface area contributed by atoms with Crippen LogP contribution in [0.2, 0.25) is 16.7 Å². The number of fused-ring (bicyclic) bond motifs is 2. The van der Waals surface area contributed by atoms with E-state index in [2.05, 4.69) is 80.4 Å². The number of rotatable bonds is 6. The molecule has 252 valence electrons. The molecule has 0 spiro atoms. The average molecular weight is 843 g/mol. The standard InChI is InChI=1S/2C16H10F3.2C3H7.2CH3.Hf.H2Si/c2*17-16(18,19)13-9-7-12(8-10-13)15-6-2-4-11-3-1-5-14(11)15;2*1-3-2;;;;/h2*1-10H;2*3H,1-2H3;2*1H3;;1H2. The van der Waals surface area contributed by atoms with Gasteiger partial charge in [-0.1, -0.05) is 0 Å². The zero-order valence-electron chi connectivity index (χ0n) is 28.2. The molecule has 2 unspecified atom stereocenters. The third-order valence-corrected chi connectivity index (χ3v) is 95.6. The zero-order valence-corrected chi connectivity index (χ0v) is 33.2. The van der Waals surface area contributed by atoms with Crippen LogP contribution in [0.5, 0.6) is 0 Å². The van der Waals surface area contributed by atoms with Gasteiger partial charge in [-0.2, -0.15) is 0 Å². The van der Waals surface area contributed by atoms with E-state index < -0.39 is 37.7 Å². The van der Waals surface area contributed by atoms with E-state index in [1.54, 1.807) is 24.3 Å². The Morgan fingerprint density at radius 1 is 0.542 bits per heavy atom. The van der Waals surface area contributed by atoms with Crippen molar-refractivity contribution in [2.75, 3.05) is 0 Å². The van der Waals surface area contributed by atoms with Gasteiger partial charge in [-0.3, -0.25) is 0 Å². The van der Waals surface area contributed by atoms with Crippen LogP contribution in [-0.4, -0.2) is 6.94 Å². The van der Waals surface area contributed by atoms with Crippen molar-refractivity contribution < 1.29 is 40.5 Å². The Kier molecular flexibility index (Phi) is 7.31. The van der Waals surface area contributed by atoms with E-state index in [1.165, 1.54) is 11.1 Å². The van der Waals surface area contributed by atoms with Crippen LogP contribution in [0.4, 0.5) is 26.3 Å². The maximum atomic E-state index is 13.4. The second-order valence-corrected chi connectivity index (χ2v) is 93.1. The zero-order chi connectivity index (χ0) is 35.2. The Labute approximate surface area is 275 Å². The van der Waals surface area contributed by atoms with Crippen molar-refractivity contribution in [3.05, 3.63) is 130 Å². The molecule has 0 aliphatic heterocycles. The first-order chi connectivity index (χ1) is 22.1. The fourth-order valence-corrected chi connectivity index (χ4v) is 50.3. The van der Waals surface area contributed by atoms with E-state index in [-0.39, 0.29) is 14.7 Å². The molecule has 0 fully saturated rings. The molecule has 0 radical (unpaired) electrons. The van der Waals surface area contributed by atoms with E-state index in [4.69, 9.17) is 0 Å². The first kappa shape index (κ1) is 34.9. The van der Waals surface area contributed by atoms with Gasteiger partial charge in [0.05, 0.1) is 0 Å². The van der Waals surface area contributed by atoms with Crippen molar-refractivity contribution in [3.8, 4) is 22.3 Å². The molecular weight excluding hydrogens is 801 g/mol. The van der Waals surface area contributed by atoms with Crippen LogP contribution in [0.15, 0.2) is 97.1 Å². The van der Waals surface area contributed by atoms with Crippen LogP contribution in [-0.2, 0) is 26.5 Å². The van der Waals surface area contributed by atoms with Gasteiger partial charge in [-0.15, -0.1) is 0 Å². The molecule has 4 aromatic carbocycles. The molecular formula is C40H42F6HfSi. The molecule has 2 aliphatic rings. The van der Waals surface area contributed by atoms with Gasteiger partial charge in [0, 0.05) is 0 Å². The molecule has 6 rings (SSSR count). The molecule has 0 heterocycles. The van der Waals surface area contributed by atoms with Gasteiger partial charge < -0.3 is 0 Å². The summed E-state index contributed by atoms with van der Waals surface area (Å²) in [4.78, 5) is 0.